The van der Waals surface area contributed by atoms with Crippen LogP contribution >= 0.6 is 0 Å². The molecule has 7 nitrogen and oxygen atoms in total. The number of piperidine rings is 1. The van der Waals surface area contributed by atoms with Crippen molar-refractivity contribution in [2.24, 2.45) is 5.92 Å². The summed E-state index contributed by atoms with van der Waals surface area (Å²) in [6.07, 6.45) is 3.62. The zero-order valence-electron chi connectivity index (χ0n) is 20.7. The van der Waals surface area contributed by atoms with Gasteiger partial charge in [-0.15, -0.1) is 0 Å². The first-order chi connectivity index (χ1) is 16.2. The van der Waals surface area contributed by atoms with Crippen LogP contribution in [0.1, 0.15) is 70.9 Å². The molecular formula is C27H36N2O5. The van der Waals surface area contributed by atoms with E-state index in [2.05, 4.69) is 4.90 Å². The van der Waals surface area contributed by atoms with Gasteiger partial charge in [0, 0.05) is 36.7 Å². The number of nitrogens with zero attached hydrogens (tertiary/aromatic N) is 2. The first-order valence-electron chi connectivity index (χ1n) is 13.0. The molecule has 1 aromatic carbocycles. The number of ketones is 1. The Morgan fingerprint density at radius 2 is 1.97 bits per heavy atom. The lowest BCUT2D eigenvalue weighted by Crippen LogP contribution is -2.76. The third-order valence-electron chi connectivity index (χ3n) is 9.06. The van der Waals surface area contributed by atoms with Gasteiger partial charge >= 0.3 is 6.09 Å². The Kier molecular flexibility index (Phi) is 4.89. The zero-order chi connectivity index (χ0) is 24.0. The predicted molar refractivity (Wildman–Crippen MR) is 126 cm³/mol. The molecule has 5 aliphatic rings. The summed E-state index contributed by atoms with van der Waals surface area (Å²) in [6, 6.07) is 3.81. The van der Waals surface area contributed by atoms with E-state index in [9.17, 15) is 14.7 Å². The summed E-state index contributed by atoms with van der Waals surface area (Å²) in [5.74, 6) is 1.63. The molecule has 1 amide bonds. The molecule has 3 fully saturated rings. The molecule has 7 heteroatoms. The number of benzene rings is 1. The number of carbonyl (C=O) groups is 2. The van der Waals surface area contributed by atoms with E-state index in [1.165, 1.54) is 12.8 Å². The zero-order valence-corrected chi connectivity index (χ0v) is 20.7. The number of amides is 1. The van der Waals surface area contributed by atoms with Gasteiger partial charge in [0.25, 0.3) is 0 Å². The molecule has 0 aromatic heterocycles. The Bertz CT molecular complexity index is 1040. The number of rotatable bonds is 5. The second-order valence-corrected chi connectivity index (χ2v) is 11.7. The Morgan fingerprint density at radius 3 is 2.65 bits per heavy atom. The summed E-state index contributed by atoms with van der Waals surface area (Å²) >= 11 is 0. The maximum absolute atomic E-state index is 13.2. The molecule has 0 radical (unpaired) electrons. The minimum Gasteiger partial charge on any atom is -0.477 e. The topological polar surface area (TPSA) is 79.3 Å². The second kappa shape index (κ2) is 7.44. The summed E-state index contributed by atoms with van der Waals surface area (Å²) < 4.78 is 12.3. The van der Waals surface area contributed by atoms with Crippen LogP contribution in [0.4, 0.5) is 4.79 Å². The Labute approximate surface area is 201 Å². The maximum atomic E-state index is 13.2. The highest BCUT2D eigenvalue weighted by Gasteiger charge is 2.73. The van der Waals surface area contributed by atoms with Crippen molar-refractivity contribution in [1.29, 1.82) is 0 Å². The lowest BCUT2D eigenvalue weighted by Gasteiger charge is -2.62. The molecule has 0 unspecified atom stereocenters. The number of Topliss-reactive ketones (excluding diaryl/α,β-unsaturated/α-hetero) is 1. The largest absolute Gasteiger partial charge is 0.477 e. The molecule has 1 aromatic rings. The molecule has 1 spiro atoms. The van der Waals surface area contributed by atoms with E-state index in [4.69, 9.17) is 9.47 Å². The van der Waals surface area contributed by atoms with Gasteiger partial charge in [-0.05, 0) is 83.9 Å². The first-order valence-corrected chi connectivity index (χ1v) is 13.0. The molecule has 1 N–H and O–H groups in total. The molecule has 4 atom stereocenters. The molecule has 34 heavy (non-hydrogen) atoms. The molecule has 2 aliphatic heterocycles. The van der Waals surface area contributed by atoms with Crippen molar-refractivity contribution >= 4 is 11.9 Å². The highest BCUT2D eigenvalue weighted by atomic mass is 16.6. The Hall–Kier alpha value is -2.12. The van der Waals surface area contributed by atoms with E-state index in [-0.39, 0.29) is 23.9 Å². The molecule has 2 bridgehead atoms. The van der Waals surface area contributed by atoms with Crippen molar-refractivity contribution in [3.8, 4) is 11.5 Å². The van der Waals surface area contributed by atoms with Crippen LogP contribution in [-0.2, 0) is 16.6 Å². The van der Waals surface area contributed by atoms with Crippen LogP contribution in [0.15, 0.2) is 12.1 Å². The fourth-order valence-corrected chi connectivity index (χ4v) is 7.50. The summed E-state index contributed by atoms with van der Waals surface area (Å²) in [4.78, 5) is 30.5. The lowest BCUT2D eigenvalue weighted by molar-refractivity contribution is -0.188. The fourth-order valence-electron chi connectivity index (χ4n) is 7.50. The van der Waals surface area contributed by atoms with Crippen LogP contribution in [0.2, 0.25) is 0 Å². The molecule has 6 rings (SSSR count). The Morgan fingerprint density at radius 1 is 1.24 bits per heavy atom. The highest BCUT2D eigenvalue weighted by molar-refractivity contribution is 5.90. The quantitative estimate of drug-likeness (QED) is 0.713. The van der Waals surface area contributed by atoms with Gasteiger partial charge in [0.05, 0.1) is 11.0 Å². The number of ether oxygens (including phenoxy) is 2. The lowest BCUT2D eigenvalue weighted by atomic mass is 9.49. The normalized spacial score (nSPS) is 33.7. The van der Waals surface area contributed by atoms with Crippen molar-refractivity contribution in [3.63, 3.8) is 0 Å². The minimum atomic E-state index is -1.01. The third-order valence-corrected chi connectivity index (χ3v) is 9.06. The molecule has 2 heterocycles. The van der Waals surface area contributed by atoms with E-state index in [0.29, 0.717) is 30.8 Å². The van der Waals surface area contributed by atoms with Crippen LogP contribution in [0.5, 0.6) is 11.5 Å². The van der Waals surface area contributed by atoms with Crippen LogP contribution < -0.4 is 9.47 Å². The summed E-state index contributed by atoms with van der Waals surface area (Å²) in [5.41, 5.74) is 0.267. The smallest absolute Gasteiger partial charge is 0.415 e. The van der Waals surface area contributed by atoms with Crippen LogP contribution in [0.25, 0.3) is 0 Å². The average molecular weight is 469 g/mol. The standard InChI is InChI=1S/C27H36N2O5/c1-15(2)29(16(3)4)25(31)33-20-8-7-18-13-21-27(32)10-9-19(30)24-26(27,22(18)23(20)34-24)11-12-28(21)14-17-5-6-17/h7-8,15-17,21,24,32H,5-6,9-14H2,1-4H3/t21-,24+,26+,27-/m1/s1. The predicted octanol–water partition coefficient (Wildman–Crippen LogP) is 3.44. The molecule has 3 aliphatic carbocycles. The van der Waals surface area contributed by atoms with Gasteiger partial charge in [-0.1, -0.05) is 6.07 Å². The van der Waals surface area contributed by atoms with E-state index < -0.39 is 23.2 Å². The summed E-state index contributed by atoms with van der Waals surface area (Å²) in [6.45, 7) is 9.74. The second-order valence-electron chi connectivity index (χ2n) is 11.7. The van der Waals surface area contributed by atoms with Crippen LogP contribution in [0, 0.1) is 5.92 Å². The molecule has 2 saturated carbocycles. The van der Waals surface area contributed by atoms with E-state index in [1.54, 1.807) is 4.90 Å². The van der Waals surface area contributed by atoms with Gasteiger partial charge in [0.15, 0.2) is 23.4 Å². The van der Waals surface area contributed by atoms with Gasteiger partial charge in [0.1, 0.15) is 0 Å². The van der Waals surface area contributed by atoms with Gasteiger partial charge in [0.2, 0.25) is 0 Å². The monoisotopic (exact) mass is 468 g/mol. The first kappa shape index (κ1) is 22.4. The van der Waals surface area contributed by atoms with E-state index >= 15 is 0 Å². The van der Waals surface area contributed by atoms with Gasteiger partial charge in [-0.25, -0.2) is 4.79 Å². The molecule has 184 valence electrons. The van der Waals surface area contributed by atoms with Gasteiger partial charge < -0.3 is 19.5 Å². The number of hydrogen-bond acceptors (Lipinski definition) is 6. The molecular weight excluding hydrogens is 432 g/mol. The third kappa shape index (κ3) is 2.89. The van der Waals surface area contributed by atoms with E-state index in [0.717, 1.165) is 36.6 Å². The number of carbonyl (C=O) groups excluding carboxylic acids is 2. The molecule has 1 saturated heterocycles. The number of hydrogen-bond donors (Lipinski definition) is 1. The summed E-state index contributed by atoms with van der Waals surface area (Å²) in [5, 5.41) is 12.4. The highest BCUT2D eigenvalue weighted by Crippen LogP contribution is 2.65. The minimum absolute atomic E-state index is 0.00901. The van der Waals surface area contributed by atoms with Crippen molar-refractivity contribution in [3.05, 3.63) is 23.3 Å². The van der Waals surface area contributed by atoms with Gasteiger partial charge in [-0.3, -0.25) is 9.69 Å². The van der Waals surface area contributed by atoms with Crippen molar-refractivity contribution < 1.29 is 24.2 Å². The number of likely N-dealkylation sites (tertiary alicyclic amines) is 1. The maximum Gasteiger partial charge on any atom is 0.415 e. The number of aliphatic hydroxyl groups is 1. The van der Waals surface area contributed by atoms with Crippen molar-refractivity contribution in [1.82, 2.24) is 9.80 Å². The van der Waals surface area contributed by atoms with Crippen molar-refractivity contribution in [2.75, 3.05) is 13.1 Å². The Balaban J connectivity index is 1.43. The summed E-state index contributed by atoms with van der Waals surface area (Å²) in [7, 11) is 0. The van der Waals surface area contributed by atoms with Gasteiger partial charge in [-0.2, -0.15) is 0 Å². The fraction of sp³-hybridized carbons (Fsp3) is 0.704. The SMILES string of the molecule is CC(C)N(C(=O)Oc1ccc2c3c1O[C@H]1C(=O)CC[C@@]4(O)[C@@H](C2)N(CC2CC2)CC[C@]314)C(C)C. The van der Waals surface area contributed by atoms with E-state index in [1.807, 2.05) is 39.8 Å². The van der Waals surface area contributed by atoms with Crippen LogP contribution in [-0.4, -0.2) is 69.7 Å². The average Bonchev–Trinajstić information content (AvgIpc) is 3.50. The van der Waals surface area contributed by atoms with Crippen molar-refractivity contribution in [2.45, 2.75) is 101 Å². The van der Waals surface area contributed by atoms with Crippen LogP contribution in [0.3, 0.4) is 0 Å².